The number of carbonyl (C=O) groups excluding carboxylic acids is 1. The number of para-hydroxylation sites is 2. The maximum absolute atomic E-state index is 13.3. The summed E-state index contributed by atoms with van der Waals surface area (Å²) in [7, 11) is 0. The average Bonchev–Trinajstić information content (AvgIpc) is 3.45. The molecule has 33 heavy (non-hydrogen) atoms. The van der Waals surface area contributed by atoms with E-state index in [-0.39, 0.29) is 12.2 Å². The van der Waals surface area contributed by atoms with Crippen molar-refractivity contribution in [3.63, 3.8) is 0 Å². The molecule has 8 rings (SSSR count). The fourth-order valence-electron chi connectivity index (χ4n) is 6.90. The summed E-state index contributed by atoms with van der Waals surface area (Å²) in [5.74, 6) is 0.186. The number of ketones is 1. The summed E-state index contributed by atoms with van der Waals surface area (Å²) < 4.78 is 11.0. The van der Waals surface area contributed by atoms with Crippen LogP contribution in [0.3, 0.4) is 0 Å². The van der Waals surface area contributed by atoms with Crippen LogP contribution in [0.2, 0.25) is 0 Å². The maximum Gasteiger partial charge on any atom is 0.173 e. The highest BCUT2D eigenvalue weighted by Crippen LogP contribution is 2.53. The smallest absolute Gasteiger partial charge is 0.173 e. The molecule has 1 saturated heterocycles. The van der Waals surface area contributed by atoms with Gasteiger partial charge in [-0.15, -0.1) is 0 Å². The number of rotatable bonds is 0. The molecule has 2 aliphatic heterocycles. The van der Waals surface area contributed by atoms with Gasteiger partial charge in [0.1, 0.15) is 12.3 Å². The van der Waals surface area contributed by atoms with Gasteiger partial charge in [-0.25, -0.2) is 0 Å². The highest BCUT2D eigenvalue weighted by molar-refractivity contribution is 6.31. The minimum absolute atomic E-state index is 0.186. The molecule has 5 aromatic rings. The van der Waals surface area contributed by atoms with E-state index in [0.717, 1.165) is 54.7 Å². The summed E-state index contributed by atoms with van der Waals surface area (Å²) in [4.78, 5) is 13.3. The molecule has 1 fully saturated rings. The monoisotopic (exact) mass is 438 g/mol. The van der Waals surface area contributed by atoms with Gasteiger partial charge in [-0.3, -0.25) is 4.79 Å². The first-order chi connectivity index (χ1) is 16.0. The topological polar surface area (TPSA) is 76.6 Å². The number of hydrogen-bond acceptors (Lipinski definition) is 4. The van der Waals surface area contributed by atoms with Gasteiger partial charge in [0.25, 0.3) is 0 Å². The van der Waals surface area contributed by atoms with Crippen molar-refractivity contribution in [1.82, 2.24) is 9.13 Å². The molecule has 0 radical (unpaired) electrons. The van der Waals surface area contributed by atoms with Gasteiger partial charge in [0.05, 0.1) is 28.2 Å². The Bertz CT molecular complexity index is 1710. The van der Waals surface area contributed by atoms with E-state index in [9.17, 15) is 15.0 Å². The number of aromatic nitrogens is 2. The molecule has 2 N–H and O–H groups in total. The molecular formula is C27H22N2O4. The summed E-state index contributed by atoms with van der Waals surface area (Å²) >= 11 is 0. The van der Waals surface area contributed by atoms with Crippen LogP contribution in [0.15, 0.2) is 48.5 Å². The first kappa shape index (κ1) is 18.3. The zero-order chi connectivity index (χ0) is 22.2. The number of Topliss-reactive ketones (excluding diaryl/α,β-unsaturated/α-hetero) is 1. The Kier molecular flexibility index (Phi) is 3.13. The molecular weight excluding hydrogens is 416 g/mol. The molecule has 0 amide bonds. The summed E-state index contributed by atoms with van der Waals surface area (Å²) in [5.41, 5.74) is 4.63. The number of fused-ring (bicyclic) bond motifs is 13. The largest absolute Gasteiger partial charge is 0.390 e. The standard InChI is InChI=1S/C27H22N2O4/c1-27-26(32)19(31)12-20(33-27)28-16-8-4-2-6-13(16)23-22-15(10-11-18(22)30)21-14-7-3-5-9-17(14)29(27)25(21)24(23)28/h2-9,19-20,26,31-32H,10-12H2,1H3/t19-,20+,26+,27-/m0/s1. The average molecular weight is 438 g/mol. The van der Waals surface area contributed by atoms with Crippen LogP contribution in [0.5, 0.6) is 0 Å². The Morgan fingerprint density at radius 3 is 2.42 bits per heavy atom. The van der Waals surface area contributed by atoms with Crippen molar-refractivity contribution in [3.05, 3.63) is 59.7 Å². The number of aliphatic hydroxyl groups excluding tert-OH is 2. The highest BCUT2D eigenvalue weighted by atomic mass is 16.6. The van der Waals surface area contributed by atoms with Crippen LogP contribution >= 0.6 is 0 Å². The molecule has 3 aliphatic rings. The predicted octanol–water partition coefficient (Wildman–Crippen LogP) is 4.36. The zero-order valence-electron chi connectivity index (χ0n) is 18.1. The molecule has 1 aliphatic carbocycles. The van der Waals surface area contributed by atoms with Crippen LogP contribution in [0.1, 0.15) is 41.9 Å². The Labute approximate surface area is 188 Å². The maximum atomic E-state index is 13.3. The molecule has 2 aromatic heterocycles. The lowest BCUT2D eigenvalue weighted by Gasteiger charge is -2.45. The van der Waals surface area contributed by atoms with Gasteiger partial charge in [-0.05, 0) is 31.0 Å². The second-order valence-electron chi connectivity index (χ2n) is 9.84. The fourth-order valence-corrected chi connectivity index (χ4v) is 6.90. The van der Waals surface area contributed by atoms with Crippen molar-refractivity contribution < 1.29 is 19.7 Å². The van der Waals surface area contributed by atoms with E-state index in [1.807, 2.05) is 37.3 Å². The van der Waals surface area contributed by atoms with E-state index in [1.165, 1.54) is 0 Å². The number of benzene rings is 3. The van der Waals surface area contributed by atoms with E-state index in [2.05, 4.69) is 27.3 Å². The van der Waals surface area contributed by atoms with E-state index < -0.39 is 24.2 Å². The molecule has 0 spiro atoms. The van der Waals surface area contributed by atoms with Gasteiger partial charge < -0.3 is 24.1 Å². The number of carbonyl (C=O) groups is 1. The van der Waals surface area contributed by atoms with Crippen LogP contribution < -0.4 is 0 Å². The van der Waals surface area contributed by atoms with Gasteiger partial charge in [-0.2, -0.15) is 0 Å². The fraction of sp³-hybridized carbons (Fsp3) is 0.296. The highest BCUT2D eigenvalue weighted by Gasteiger charge is 2.52. The second-order valence-corrected chi connectivity index (χ2v) is 9.84. The van der Waals surface area contributed by atoms with Crippen LogP contribution in [0.4, 0.5) is 0 Å². The molecule has 164 valence electrons. The van der Waals surface area contributed by atoms with Crippen molar-refractivity contribution >= 4 is 49.4 Å². The molecule has 0 saturated carbocycles. The molecule has 2 bridgehead atoms. The third kappa shape index (κ3) is 1.89. The van der Waals surface area contributed by atoms with Gasteiger partial charge in [0, 0.05) is 39.9 Å². The summed E-state index contributed by atoms with van der Waals surface area (Å²) in [6.07, 6.45) is -0.994. The molecule has 3 aromatic carbocycles. The lowest BCUT2D eigenvalue weighted by atomic mass is 9.95. The number of hydrogen-bond donors (Lipinski definition) is 2. The third-order valence-corrected chi connectivity index (χ3v) is 8.21. The Balaban J connectivity index is 1.77. The van der Waals surface area contributed by atoms with Crippen LogP contribution in [0.25, 0.3) is 43.6 Å². The summed E-state index contributed by atoms with van der Waals surface area (Å²) in [6.45, 7) is 1.87. The number of ether oxygens (including phenoxy) is 1. The number of aryl methyl sites for hydroxylation is 1. The van der Waals surface area contributed by atoms with Gasteiger partial charge >= 0.3 is 0 Å². The number of aliphatic hydroxyl groups is 2. The lowest BCUT2D eigenvalue weighted by Crippen LogP contribution is -2.55. The van der Waals surface area contributed by atoms with E-state index >= 15 is 0 Å². The first-order valence-electron chi connectivity index (χ1n) is 11.6. The Morgan fingerprint density at radius 2 is 1.64 bits per heavy atom. The van der Waals surface area contributed by atoms with Crippen molar-refractivity contribution in [2.45, 2.75) is 50.3 Å². The Morgan fingerprint density at radius 1 is 0.939 bits per heavy atom. The molecule has 4 atom stereocenters. The minimum Gasteiger partial charge on any atom is -0.390 e. The van der Waals surface area contributed by atoms with Crippen LogP contribution in [-0.4, -0.2) is 37.3 Å². The minimum atomic E-state index is -1.16. The molecule has 6 nitrogen and oxygen atoms in total. The van der Waals surface area contributed by atoms with Crippen molar-refractivity contribution in [2.24, 2.45) is 0 Å². The normalized spacial score (nSPS) is 28.5. The van der Waals surface area contributed by atoms with E-state index in [0.29, 0.717) is 12.8 Å². The van der Waals surface area contributed by atoms with Crippen molar-refractivity contribution in [3.8, 4) is 0 Å². The SMILES string of the molecule is C[C@]12O[C@H](C[C@H](O)[C@H]1O)n1c3ccccc3c3c4c(c5c6ccccc6n2c5c31)CCC4=O. The number of nitrogens with zero attached hydrogens (tertiary/aromatic N) is 2. The predicted molar refractivity (Wildman–Crippen MR) is 125 cm³/mol. The summed E-state index contributed by atoms with van der Waals surface area (Å²) in [5, 5.41) is 26.4. The quantitative estimate of drug-likeness (QED) is 0.377. The third-order valence-electron chi connectivity index (χ3n) is 8.21. The second kappa shape index (κ2) is 5.65. The lowest BCUT2D eigenvalue weighted by molar-refractivity contribution is -0.272. The van der Waals surface area contributed by atoms with E-state index in [4.69, 9.17) is 4.74 Å². The van der Waals surface area contributed by atoms with Gasteiger partial charge in [0.15, 0.2) is 11.5 Å². The molecule has 4 heterocycles. The molecule has 0 unspecified atom stereocenters. The van der Waals surface area contributed by atoms with Crippen molar-refractivity contribution in [1.29, 1.82) is 0 Å². The Hall–Kier alpha value is -3.19. The van der Waals surface area contributed by atoms with E-state index in [1.54, 1.807) is 0 Å². The first-order valence-corrected chi connectivity index (χ1v) is 11.6. The van der Waals surface area contributed by atoms with Gasteiger partial charge in [-0.1, -0.05) is 36.4 Å². The summed E-state index contributed by atoms with van der Waals surface area (Å²) in [6, 6.07) is 16.3. The zero-order valence-corrected chi connectivity index (χ0v) is 18.1. The van der Waals surface area contributed by atoms with Crippen molar-refractivity contribution in [2.75, 3.05) is 0 Å². The van der Waals surface area contributed by atoms with Crippen LogP contribution in [-0.2, 0) is 16.9 Å². The van der Waals surface area contributed by atoms with Crippen LogP contribution in [0, 0.1) is 0 Å². The van der Waals surface area contributed by atoms with Gasteiger partial charge in [0.2, 0.25) is 0 Å². The molecule has 6 heteroatoms.